The lowest BCUT2D eigenvalue weighted by Crippen LogP contribution is -2.47. The van der Waals surface area contributed by atoms with Gasteiger partial charge in [-0.3, -0.25) is 9.69 Å². The van der Waals surface area contributed by atoms with Crippen molar-refractivity contribution in [3.05, 3.63) is 53.6 Å². The van der Waals surface area contributed by atoms with Gasteiger partial charge in [0.05, 0.1) is 0 Å². The van der Waals surface area contributed by atoms with E-state index < -0.39 is 0 Å². The molecule has 2 aromatic carbocycles. The highest BCUT2D eigenvalue weighted by atomic mass is 32.2. The van der Waals surface area contributed by atoms with Crippen LogP contribution in [0.5, 0.6) is 0 Å². The number of carbonyl (C=O) groups excluding carboxylic acids is 1. The van der Waals surface area contributed by atoms with Crippen molar-refractivity contribution in [2.75, 3.05) is 50.3 Å². The van der Waals surface area contributed by atoms with Crippen LogP contribution in [0.3, 0.4) is 0 Å². The molecular formula is C29H40N4O2S. The van der Waals surface area contributed by atoms with Crippen LogP contribution in [0.1, 0.15) is 63.5 Å². The number of fused-ring (bicyclic) bond motifs is 1. The lowest BCUT2D eigenvalue weighted by Gasteiger charge is -2.34. The molecule has 1 amide bonds. The van der Waals surface area contributed by atoms with E-state index in [1.165, 1.54) is 11.1 Å². The second-order valence-electron chi connectivity index (χ2n) is 10.3. The zero-order valence-electron chi connectivity index (χ0n) is 22.1. The zero-order chi connectivity index (χ0) is 25.5. The first kappa shape index (κ1) is 26.7. The predicted molar refractivity (Wildman–Crippen MR) is 150 cm³/mol. The monoisotopic (exact) mass is 508 g/mol. The fraction of sp³-hybridized carbons (Fsp3) is 0.517. The van der Waals surface area contributed by atoms with Crippen LogP contribution in [0, 0.1) is 0 Å². The molecule has 3 aromatic rings. The lowest BCUT2D eigenvalue weighted by atomic mass is 9.92. The van der Waals surface area contributed by atoms with Gasteiger partial charge < -0.3 is 14.6 Å². The van der Waals surface area contributed by atoms with E-state index in [1.54, 1.807) is 11.8 Å². The van der Waals surface area contributed by atoms with Gasteiger partial charge in [0.1, 0.15) is 5.52 Å². The maximum absolute atomic E-state index is 12.8. The molecule has 0 aliphatic carbocycles. The van der Waals surface area contributed by atoms with Gasteiger partial charge in [0.2, 0.25) is 5.91 Å². The summed E-state index contributed by atoms with van der Waals surface area (Å²) < 4.78 is 5.80. The molecule has 1 aromatic heterocycles. The van der Waals surface area contributed by atoms with E-state index in [1.807, 2.05) is 24.3 Å². The summed E-state index contributed by atoms with van der Waals surface area (Å²) in [6.45, 7) is 15.0. The van der Waals surface area contributed by atoms with Crippen molar-refractivity contribution in [3.63, 3.8) is 0 Å². The minimum atomic E-state index is 0.125. The van der Waals surface area contributed by atoms with E-state index in [2.05, 4.69) is 66.0 Å². The maximum Gasteiger partial charge on any atom is 0.256 e. The van der Waals surface area contributed by atoms with Crippen molar-refractivity contribution < 1.29 is 9.21 Å². The summed E-state index contributed by atoms with van der Waals surface area (Å²) in [5.74, 6) is 1.86. The third kappa shape index (κ3) is 7.11. The third-order valence-electron chi connectivity index (χ3n) is 6.89. The van der Waals surface area contributed by atoms with E-state index in [9.17, 15) is 4.79 Å². The molecule has 0 saturated carbocycles. The Hall–Kier alpha value is -2.35. The summed E-state index contributed by atoms with van der Waals surface area (Å²) in [7, 11) is 0. The summed E-state index contributed by atoms with van der Waals surface area (Å²) in [6.07, 6.45) is 1.45. The molecule has 7 heteroatoms. The molecule has 0 unspecified atom stereocenters. The highest BCUT2D eigenvalue weighted by Crippen LogP contribution is 2.32. The van der Waals surface area contributed by atoms with Crippen molar-refractivity contribution >= 4 is 34.5 Å². The van der Waals surface area contributed by atoms with Gasteiger partial charge >= 0.3 is 0 Å². The van der Waals surface area contributed by atoms with E-state index in [0.29, 0.717) is 18.3 Å². The Balaban J connectivity index is 1.15. The van der Waals surface area contributed by atoms with Crippen LogP contribution in [0.25, 0.3) is 11.1 Å². The minimum absolute atomic E-state index is 0.125. The maximum atomic E-state index is 12.8. The quantitative estimate of drug-likeness (QED) is 0.311. The molecule has 4 rings (SSSR count). The number of carbonyl (C=O) groups is 1. The van der Waals surface area contributed by atoms with Gasteiger partial charge in [0, 0.05) is 50.6 Å². The molecule has 1 saturated heterocycles. The minimum Gasteiger partial charge on any atom is -0.431 e. The summed E-state index contributed by atoms with van der Waals surface area (Å²) in [4.78, 5) is 22.3. The van der Waals surface area contributed by atoms with Crippen molar-refractivity contribution in [2.24, 2.45) is 0 Å². The highest BCUT2D eigenvalue weighted by Gasteiger charge is 2.19. The van der Waals surface area contributed by atoms with Crippen LogP contribution in [-0.4, -0.2) is 65.7 Å². The molecule has 0 atom stereocenters. The van der Waals surface area contributed by atoms with Gasteiger partial charge in [-0.25, -0.2) is 4.98 Å². The number of hydrogen-bond acceptors (Lipinski definition) is 6. The fourth-order valence-electron chi connectivity index (χ4n) is 4.77. The largest absolute Gasteiger partial charge is 0.431 e. The SMILES string of the molecule is CC(C)c1cccc(C(C)C)c1NC(=O)CCCN1CCN(CCSc2nc3ccccc3o2)CC1. The highest BCUT2D eigenvalue weighted by molar-refractivity contribution is 7.99. The second kappa shape index (κ2) is 12.7. The first-order valence-electron chi connectivity index (χ1n) is 13.3. The number of thioether (sulfide) groups is 1. The normalized spacial score (nSPS) is 15.3. The number of oxazole rings is 1. The van der Waals surface area contributed by atoms with Crippen LogP contribution >= 0.6 is 11.8 Å². The number of nitrogens with one attached hydrogen (secondary N) is 1. The molecule has 6 nitrogen and oxygen atoms in total. The number of hydrogen-bond donors (Lipinski definition) is 1. The van der Waals surface area contributed by atoms with E-state index >= 15 is 0 Å². The molecule has 1 aliphatic heterocycles. The van der Waals surface area contributed by atoms with Gasteiger partial charge in [0.15, 0.2) is 5.58 Å². The second-order valence-corrected chi connectivity index (χ2v) is 11.3. The Morgan fingerprint density at radius 2 is 1.58 bits per heavy atom. The van der Waals surface area contributed by atoms with Crippen LogP contribution in [0.4, 0.5) is 5.69 Å². The van der Waals surface area contributed by atoms with Crippen LogP contribution in [0.2, 0.25) is 0 Å². The zero-order valence-corrected chi connectivity index (χ0v) is 22.9. The molecule has 1 N–H and O–H groups in total. The standard InChI is InChI=1S/C29H40N4O2S/c1-21(2)23-9-7-10-24(22(3)4)28(23)31-27(34)13-8-14-32-15-17-33(18-16-32)19-20-36-29-30-25-11-5-6-12-26(25)35-29/h5-7,9-12,21-22H,8,13-20H2,1-4H3,(H,31,34). The van der Waals surface area contributed by atoms with Crippen molar-refractivity contribution in [3.8, 4) is 0 Å². The van der Waals surface area contributed by atoms with Gasteiger partial charge in [-0.15, -0.1) is 0 Å². The third-order valence-corrected chi connectivity index (χ3v) is 7.70. The van der Waals surface area contributed by atoms with Gasteiger partial charge in [-0.05, 0) is 48.1 Å². The number of piperazine rings is 1. The summed E-state index contributed by atoms with van der Waals surface area (Å²) >= 11 is 1.69. The average molecular weight is 509 g/mol. The Bertz CT molecular complexity index is 1080. The van der Waals surface area contributed by atoms with E-state index in [4.69, 9.17) is 4.42 Å². The Morgan fingerprint density at radius 3 is 2.22 bits per heavy atom. The number of rotatable bonds is 11. The average Bonchev–Trinajstić information content (AvgIpc) is 3.27. The smallest absolute Gasteiger partial charge is 0.256 e. The first-order valence-corrected chi connectivity index (χ1v) is 14.2. The number of anilines is 1. The molecule has 1 fully saturated rings. The number of para-hydroxylation sites is 3. The topological polar surface area (TPSA) is 61.6 Å². The van der Waals surface area contributed by atoms with E-state index in [-0.39, 0.29) is 5.91 Å². The molecule has 194 valence electrons. The Labute approximate surface area is 219 Å². The molecule has 1 aliphatic rings. The number of amides is 1. The van der Waals surface area contributed by atoms with Gasteiger partial charge in [-0.1, -0.05) is 69.8 Å². The Morgan fingerprint density at radius 1 is 0.944 bits per heavy atom. The summed E-state index contributed by atoms with van der Waals surface area (Å²) in [6, 6.07) is 14.3. The van der Waals surface area contributed by atoms with Crippen molar-refractivity contribution in [1.29, 1.82) is 0 Å². The van der Waals surface area contributed by atoms with Crippen LogP contribution in [-0.2, 0) is 4.79 Å². The van der Waals surface area contributed by atoms with Gasteiger partial charge in [0.25, 0.3) is 5.22 Å². The molecule has 2 heterocycles. The molecular weight excluding hydrogens is 468 g/mol. The Kier molecular flexibility index (Phi) is 9.46. The first-order chi connectivity index (χ1) is 17.4. The number of nitrogens with zero attached hydrogens (tertiary/aromatic N) is 3. The summed E-state index contributed by atoms with van der Waals surface area (Å²) in [5.41, 5.74) is 5.25. The van der Waals surface area contributed by atoms with Crippen LogP contribution in [0.15, 0.2) is 52.1 Å². The van der Waals surface area contributed by atoms with Crippen molar-refractivity contribution in [1.82, 2.24) is 14.8 Å². The predicted octanol–water partition coefficient (Wildman–Crippen LogP) is 6.20. The van der Waals surface area contributed by atoms with Crippen LogP contribution < -0.4 is 5.32 Å². The molecule has 36 heavy (non-hydrogen) atoms. The number of aromatic nitrogens is 1. The fourth-order valence-corrected chi connectivity index (χ4v) is 5.61. The lowest BCUT2D eigenvalue weighted by molar-refractivity contribution is -0.116. The van der Waals surface area contributed by atoms with Gasteiger partial charge in [-0.2, -0.15) is 0 Å². The van der Waals surface area contributed by atoms with E-state index in [0.717, 1.165) is 73.5 Å². The number of benzene rings is 2. The summed E-state index contributed by atoms with van der Waals surface area (Å²) in [5, 5.41) is 4.01. The molecule has 0 bridgehead atoms. The van der Waals surface area contributed by atoms with Crippen molar-refractivity contribution in [2.45, 2.75) is 57.6 Å². The molecule has 0 radical (unpaired) electrons. The molecule has 0 spiro atoms.